The second-order valence-electron chi connectivity index (χ2n) is 5.90. The number of carbonyl (C=O) groups excluding carboxylic acids is 2. The molecule has 2 aromatic heterocycles. The van der Waals surface area contributed by atoms with E-state index in [1.165, 1.54) is 24.3 Å². The minimum atomic E-state index is -0.609. The van der Waals surface area contributed by atoms with Gasteiger partial charge in [-0.15, -0.1) is 11.3 Å². The number of nitrogens with one attached hydrogen (secondary N) is 2. The number of hydrogen-bond acceptors (Lipinski definition) is 7. The lowest BCUT2D eigenvalue weighted by molar-refractivity contribution is -0.385. The molecule has 1 aromatic carbocycles. The van der Waals surface area contributed by atoms with Crippen molar-refractivity contribution in [3.63, 3.8) is 0 Å². The first-order valence-corrected chi connectivity index (χ1v) is 9.07. The van der Waals surface area contributed by atoms with Crippen molar-refractivity contribution in [1.82, 2.24) is 10.3 Å². The van der Waals surface area contributed by atoms with Crippen molar-refractivity contribution < 1.29 is 18.9 Å². The normalized spacial score (nSPS) is 10.5. The van der Waals surface area contributed by atoms with Crippen molar-refractivity contribution in [2.24, 2.45) is 0 Å². The van der Waals surface area contributed by atoms with E-state index in [2.05, 4.69) is 15.6 Å². The molecule has 0 spiro atoms. The van der Waals surface area contributed by atoms with Crippen LogP contribution < -0.4 is 10.6 Å². The van der Waals surface area contributed by atoms with Gasteiger partial charge in [0.2, 0.25) is 5.91 Å². The van der Waals surface area contributed by atoms with Gasteiger partial charge in [0.25, 0.3) is 11.6 Å². The number of hydrogen-bond donors (Lipinski definition) is 2. The second kappa shape index (κ2) is 8.01. The lowest BCUT2D eigenvalue weighted by Crippen LogP contribution is -2.18. The molecule has 0 fully saturated rings. The van der Waals surface area contributed by atoms with Crippen LogP contribution in [0.2, 0.25) is 0 Å². The lowest BCUT2D eigenvalue weighted by Gasteiger charge is -2.04. The van der Waals surface area contributed by atoms with Crippen LogP contribution in [0.15, 0.2) is 40.1 Å². The van der Waals surface area contributed by atoms with Gasteiger partial charge in [0, 0.05) is 17.9 Å². The fourth-order valence-electron chi connectivity index (χ4n) is 2.52. The topological polar surface area (TPSA) is 127 Å². The predicted octanol–water partition coefficient (Wildman–Crippen LogP) is 3.51. The number of benzene rings is 1. The third kappa shape index (κ3) is 4.23. The van der Waals surface area contributed by atoms with E-state index in [4.69, 9.17) is 4.42 Å². The van der Waals surface area contributed by atoms with Gasteiger partial charge in [-0.1, -0.05) is 12.1 Å². The molecule has 0 unspecified atom stereocenters. The Bertz CT molecular complexity index is 1060. The minimum Gasteiger partial charge on any atom is -0.458 e. The average molecular weight is 400 g/mol. The van der Waals surface area contributed by atoms with Gasteiger partial charge in [0.05, 0.1) is 11.5 Å². The molecule has 0 aliphatic rings. The molecule has 0 saturated carbocycles. The molecule has 3 rings (SSSR count). The molecule has 0 aliphatic heterocycles. The number of aromatic nitrogens is 1. The van der Waals surface area contributed by atoms with E-state index in [-0.39, 0.29) is 28.8 Å². The third-order valence-electron chi connectivity index (χ3n) is 3.82. The summed E-state index contributed by atoms with van der Waals surface area (Å²) in [5.74, 6) is 0.279. The molecule has 2 N–H and O–H groups in total. The molecule has 0 bridgehead atoms. The quantitative estimate of drug-likeness (QED) is 0.481. The summed E-state index contributed by atoms with van der Waals surface area (Å²) < 4.78 is 5.62. The van der Waals surface area contributed by atoms with Crippen LogP contribution in [0.25, 0.3) is 11.5 Å². The zero-order valence-electron chi connectivity index (χ0n) is 15.0. The molecule has 0 atom stereocenters. The predicted molar refractivity (Wildman–Crippen MR) is 103 cm³/mol. The Balaban J connectivity index is 1.75. The Morgan fingerprint density at radius 2 is 2.07 bits per heavy atom. The van der Waals surface area contributed by atoms with Crippen molar-refractivity contribution in [2.45, 2.75) is 20.4 Å². The van der Waals surface area contributed by atoms with Crippen LogP contribution in [-0.2, 0) is 11.3 Å². The lowest BCUT2D eigenvalue weighted by atomic mass is 10.1. The number of amides is 2. The van der Waals surface area contributed by atoms with Crippen molar-refractivity contribution in [3.05, 3.63) is 62.7 Å². The Morgan fingerprint density at radius 3 is 2.79 bits per heavy atom. The van der Waals surface area contributed by atoms with Crippen LogP contribution in [0.3, 0.4) is 0 Å². The summed E-state index contributed by atoms with van der Waals surface area (Å²) in [7, 11) is 0. The average Bonchev–Trinajstić information content (AvgIpc) is 3.28. The molecule has 0 aliphatic carbocycles. The minimum absolute atomic E-state index is 0.0302. The van der Waals surface area contributed by atoms with Gasteiger partial charge in [-0.25, -0.2) is 4.98 Å². The summed E-state index contributed by atoms with van der Waals surface area (Å²) in [6, 6.07) is 7.99. The van der Waals surface area contributed by atoms with E-state index in [9.17, 15) is 19.7 Å². The van der Waals surface area contributed by atoms with Crippen LogP contribution in [0.4, 0.5) is 10.8 Å². The summed E-state index contributed by atoms with van der Waals surface area (Å²) >= 11 is 1.17. The maximum Gasteiger partial charge on any atom is 0.285 e. The van der Waals surface area contributed by atoms with Crippen molar-refractivity contribution >= 4 is 34.0 Å². The highest BCUT2D eigenvalue weighted by molar-refractivity contribution is 7.14. The van der Waals surface area contributed by atoms with E-state index < -0.39 is 10.8 Å². The number of nitro groups is 1. The van der Waals surface area contributed by atoms with Crippen LogP contribution in [0.5, 0.6) is 0 Å². The molecule has 28 heavy (non-hydrogen) atoms. The Hall–Kier alpha value is -3.53. The van der Waals surface area contributed by atoms with E-state index in [0.717, 1.165) is 0 Å². The molecular formula is C18H16N4O5S. The first-order chi connectivity index (χ1) is 13.3. The first kappa shape index (κ1) is 19.2. The number of furan rings is 1. The maximum absolute atomic E-state index is 12.5. The Morgan fingerprint density at radius 1 is 1.29 bits per heavy atom. The molecule has 2 amide bonds. The maximum atomic E-state index is 12.5. The second-order valence-corrected chi connectivity index (χ2v) is 6.75. The summed E-state index contributed by atoms with van der Waals surface area (Å²) in [6.45, 7) is 3.25. The number of thiazole rings is 1. The number of anilines is 1. The Kier molecular flexibility index (Phi) is 5.50. The van der Waals surface area contributed by atoms with Gasteiger partial charge in [0.1, 0.15) is 17.0 Å². The van der Waals surface area contributed by atoms with Crippen LogP contribution in [0, 0.1) is 17.0 Å². The zero-order valence-corrected chi connectivity index (χ0v) is 15.8. The molecule has 3 aromatic rings. The highest BCUT2D eigenvalue weighted by Gasteiger charge is 2.23. The molecule has 0 radical (unpaired) electrons. The number of nitrogens with zero attached hydrogens (tertiary/aromatic N) is 2. The van der Waals surface area contributed by atoms with E-state index in [0.29, 0.717) is 22.8 Å². The SMILES string of the molecule is CC(=O)NCc1ccc(-c2csc(NC(=O)c3cccc(C)c3[N+](=O)[O-])n2)o1. The molecule has 10 heteroatoms. The molecule has 2 heterocycles. The van der Waals surface area contributed by atoms with E-state index in [1.54, 1.807) is 36.6 Å². The van der Waals surface area contributed by atoms with Gasteiger partial charge >= 0.3 is 0 Å². The third-order valence-corrected chi connectivity index (χ3v) is 4.57. The van der Waals surface area contributed by atoms with E-state index in [1.807, 2.05) is 0 Å². The first-order valence-electron chi connectivity index (χ1n) is 8.19. The van der Waals surface area contributed by atoms with Crippen LogP contribution in [0.1, 0.15) is 28.6 Å². The summed E-state index contributed by atoms with van der Waals surface area (Å²) in [5, 5.41) is 18.5. The smallest absolute Gasteiger partial charge is 0.285 e. The van der Waals surface area contributed by atoms with Crippen LogP contribution >= 0.6 is 11.3 Å². The van der Waals surface area contributed by atoms with Gasteiger partial charge in [0.15, 0.2) is 10.9 Å². The van der Waals surface area contributed by atoms with Gasteiger partial charge in [-0.3, -0.25) is 25.0 Å². The monoisotopic (exact) mass is 400 g/mol. The standard InChI is InChI=1S/C18H16N4O5S/c1-10-4-3-5-13(16(10)22(25)26)17(24)21-18-20-14(9-28-18)15-7-6-12(27-15)8-19-11(2)23/h3-7,9H,8H2,1-2H3,(H,19,23)(H,20,21,24). The zero-order chi connectivity index (χ0) is 20.3. The Labute approximate surface area is 163 Å². The molecule has 0 saturated heterocycles. The molecule has 144 valence electrons. The van der Waals surface area contributed by atoms with Crippen molar-refractivity contribution in [2.75, 3.05) is 5.32 Å². The van der Waals surface area contributed by atoms with Crippen molar-refractivity contribution in [1.29, 1.82) is 0 Å². The van der Waals surface area contributed by atoms with Gasteiger partial charge in [-0.2, -0.15) is 0 Å². The number of carbonyl (C=O) groups is 2. The number of nitro benzene ring substituents is 1. The fourth-order valence-corrected chi connectivity index (χ4v) is 3.21. The van der Waals surface area contributed by atoms with Gasteiger partial charge in [-0.05, 0) is 25.1 Å². The highest BCUT2D eigenvalue weighted by Crippen LogP contribution is 2.28. The number of para-hydroxylation sites is 1. The highest BCUT2D eigenvalue weighted by atomic mass is 32.1. The molecule has 9 nitrogen and oxygen atoms in total. The van der Waals surface area contributed by atoms with Crippen LogP contribution in [-0.4, -0.2) is 21.7 Å². The molecular weight excluding hydrogens is 384 g/mol. The summed E-state index contributed by atoms with van der Waals surface area (Å²) in [6.07, 6.45) is 0. The largest absolute Gasteiger partial charge is 0.458 e. The fraction of sp³-hybridized carbons (Fsp3) is 0.167. The number of aryl methyl sites for hydroxylation is 1. The van der Waals surface area contributed by atoms with E-state index >= 15 is 0 Å². The van der Waals surface area contributed by atoms with Gasteiger partial charge < -0.3 is 9.73 Å². The van der Waals surface area contributed by atoms with Crippen molar-refractivity contribution in [3.8, 4) is 11.5 Å². The summed E-state index contributed by atoms with van der Waals surface area (Å²) in [4.78, 5) is 38.4. The number of rotatable bonds is 6. The summed E-state index contributed by atoms with van der Waals surface area (Å²) in [5.41, 5.74) is 0.649.